The molecule has 0 amide bonds. The standard InChI is InChI=1S/C15H11Br2ClO3/c1-20-11-7-6-9(15(21-2)12(11)17)14(19)8-4-3-5-10(16)13(8)18/h3-7H,1-2H3. The number of carbonyl (C=O) groups excluding carboxylic acids is 1. The number of benzene rings is 2. The zero-order valence-electron chi connectivity index (χ0n) is 11.2. The Morgan fingerprint density at radius 1 is 1.05 bits per heavy atom. The van der Waals surface area contributed by atoms with E-state index in [1.54, 1.807) is 37.4 Å². The zero-order chi connectivity index (χ0) is 15.6. The molecule has 3 nitrogen and oxygen atoms in total. The minimum absolute atomic E-state index is 0.221. The molecule has 0 aliphatic rings. The minimum atomic E-state index is -0.221. The van der Waals surface area contributed by atoms with Crippen molar-refractivity contribution in [2.24, 2.45) is 0 Å². The number of ether oxygens (including phenoxy) is 2. The predicted octanol–water partition coefficient (Wildman–Crippen LogP) is 5.11. The Hall–Kier alpha value is -1.04. The number of hydrogen-bond acceptors (Lipinski definition) is 3. The van der Waals surface area contributed by atoms with Crippen LogP contribution in [0.15, 0.2) is 39.3 Å². The fourth-order valence-corrected chi connectivity index (χ4v) is 3.15. The van der Waals surface area contributed by atoms with E-state index < -0.39 is 0 Å². The van der Waals surface area contributed by atoms with Crippen LogP contribution < -0.4 is 9.47 Å². The van der Waals surface area contributed by atoms with Gasteiger partial charge in [-0.15, -0.1) is 0 Å². The molecule has 110 valence electrons. The highest BCUT2D eigenvalue weighted by molar-refractivity contribution is 9.11. The van der Waals surface area contributed by atoms with E-state index in [0.717, 1.165) is 0 Å². The van der Waals surface area contributed by atoms with Gasteiger partial charge in [0.15, 0.2) is 5.78 Å². The van der Waals surface area contributed by atoms with Crippen molar-refractivity contribution >= 4 is 49.2 Å². The lowest BCUT2D eigenvalue weighted by molar-refractivity contribution is 0.103. The number of halogens is 3. The van der Waals surface area contributed by atoms with E-state index in [-0.39, 0.29) is 5.78 Å². The van der Waals surface area contributed by atoms with Crippen LogP contribution in [0.25, 0.3) is 0 Å². The maximum Gasteiger partial charge on any atom is 0.198 e. The Balaban J connectivity index is 2.59. The molecule has 0 aliphatic carbocycles. The van der Waals surface area contributed by atoms with E-state index in [9.17, 15) is 4.79 Å². The van der Waals surface area contributed by atoms with Gasteiger partial charge in [0.2, 0.25) is 0 Å². The van der Waals surface area contributed by atoms with Crippen molar-refractivity contribution in [1.82, 2.24) is 0 Å². The molecular formula is C15H11Br2ClO3. The van der Waals surface area contributed by atoms with E-state index in [4.69, 9.17) is 21.1 Å². The second-order valence-corrected chi connectivity index (χ2v) is 6.12. The van der Waals surface area contributed by atoms with Crippen LogP contribution in [0, 0.1) is 0 Å². The smallest absolute Gasteiger partial charge is 0.198 e. The lowest BCUT2D eigenvalue weighted by atomic mass is 10.0. The van der Waals surface area contributed by atoms with Crippen LogP contribution in [0.3, 0.4) is 0 Å². The molecule has 0 bridgehead atoms. The summed E-state index contributed by atoms with van der Waals surface area (Å²) in [7, 11) is 3.05. The molecule has 2 aromatic carbocycles. The van der Waals surface area contributed by atoms with E-state index in [0.29, 0.717) is 36.6 Å². The van der Waals surface area contributed by atoms with Gasteiger partial charge in [0.25, 0.3) is 0 Å². The molecule has 0 spiro atoms. The third-order valence-corrected chi connectivity index (χ3v) is 4.97. The van der Waals surface area contributed by atoms with E-state index >= 15 is 0 Å². The summed E-state index contributed by atoms with van der Waals surface area (Å²) in [5.41, 5.74) is 0.812. The first-order chi connectivity index (χ1) is 10.0. The average molecular weight is 435 g/mol. The molecule has 0 heterocycles. The van der Waals surface area contributed by atoms with Crippen LogP contribution in [0.2, 0.25) is 5.02 Å². The highest BCUT2D eigenvalue weighted by Crippen LogP contribution is 2.39. The van der Waals surface area contributed by atoms with Crippen LogP contribution in [0.5, 0.6) is 11.5 Å². The highest BCUT2D eigenvalue weighted by atomic mass is 79.9. The highest BCUT2D eigenvalue weighted by Gasteiger charge is 2.21. The summed E-state index contributed by atoms with van der Waals surface area (Å²) >= 11 is 12.9. The van der Waals surface area contributed by atoms with E-state index in [1.165, 1.54) is 7.11 Å². The fraction of sp³-hybridized carbons (Fsp3) is 0.133. The van der Waals surface area contributed by atoms with Crippen LogP contribution >= 0.6 is 43.5 Å². The normalized spacial score (nSPS) is 10.3. The van der Waals surface area contributed by atoms with Gasteiger partial charge in [0.05, 0.1) is 24.8 Å². The van der Waals surface area contributed by atoms with Crippen LogP contribution in [-0.4, -0.2) is 20.0 Å². The molecule has 0 unspecified atom stereocenters. The van der Waals surface area contributed by atoms with Crippen molar-refractivity contribution in [3.63, 3.8) is 0 Å². The van der Waals surface area contributed by atoms with Crippen molar-refractivity contribution in [2.75, 3.05) is 14.2 Å². The van der Waals surface area contributed by atoms with Crippen LogP contribution in [0.1, 0.15) is 15.9 Å². The summed E-state index contributed by atoms with van der Waals surface area (Å²) in [6.07, 6.45) is 0. The molecule has 0 N–H and O–H groups in total. The van der Waals surface area contributed by atoms with Gasteiger partial charge in [-0.2, -0.15) is 0 Å². The van der Waals surface area contributed by atoms with Crippen molar-refractivity contribution in [3.8, 4) is 11.5 Å². The molecule has 6 heteroatoms. The Bertz CT molecular complexity index is 702. The molecule has 0 saturated carbocycles. The molecule has 0 fully saturated rings. The van der Waals surface area contributed by atoms with Gasteiger partial charge in [-0.05, 0) is 56.1 Å². The quantitative estimate of drug-likeness (QED) is 0.627. The van der Waals surface area contributed by atoms with Gasteiger partial charge in [0, 0.05) is 10.0 Å². The van der Waals surface area contributed by atoms with Crippen LogP contribution in [0.4, 0.5) is 0 Å². The maximum atomic E-state index is 12.7. The number of carbonyl (C=O) groups is 1. The summed E-state index contributed by atoms with van der Waals surface area (Å²) in [4.78, 5) is 12.7. The molecule has 2 rings (SSSR count). The van der Waals surface area contributed by atoms with Crippen molar-refractivity contribution in [1.29, 1.82) is 0 Å². The molecule has 0 radical (unpaired) electrons. The summed E-state index contributed by atoms with van der Waals surface area (Å²) in [6.45, 7) is 0. The Morgan fingerprint density at radius 3 is 2.38 bits per heavy atom. The number of hydrogen-bond donors (Lipinski definition) is 0. The first-order valence-corrected chi connectivity index (χ1v) is 7.86. The van der Waals surface area contributed by atoms with E-state index in [1.807, 2.05) is 0 Å². The topological polar surface area (TPSA) is 35.5 Å². The fourth-order valence-electron chi connectivity index (χ4n) is 1.90. The Labute approximate surface area is 144 Å². The summed E-state index contributed by atoms with van der Waals surface area (Å²) in [6, 6.07) is 8.56. The second-order valence-electron chi connectivity index (χ2n) is 4.09. The largest absolute Gasteiger partial charge is 0.495 e. The second kappa shape index (κ2) is 6.81. The van der Waals surface area contributed by atoms with Gasteiger partial charge in [-0.3, -0.25) is 4.79 Å². The molecule has 21 heavy (non-hydrogen) atoms. The zero-order valence-corrected chi connectivity index (χ0v) is 15.2. The van der Waals surface area contributed by atoms with Crippen LogP contribution in [-0.2, 0) is 0 Å². The molecule has 2 aromatic rings. The van der Waals surface area contributed by atoms with Gasteiger partial charge in [0.1, 0.15) is 16.0 Å². The third-order valence-electron chi connectivity index (χ3n) is 2.93. The average Bonchev–Trinajstić information content (AvgIpc) is 2.49. The Morgan fingerprint density at radius 2 is 1.76 bits per heavy atom. The maximum absolute atomic E-state index is 12.7. The SMILES string of the molecule is COc1ccc(C(=O)c2cccc(Br)c2Cl)c(OC)c1Br. The number of rotatable bonds is 4. The van der Waals surface area contributed by atoms with Gasteiger partial charge in [-0.25, -0.2) is 0 Å². The summed E-state index contributed by atoms with van der Waals surface area (Å²) in [5, 5.41) is 0.372. The lowest BCUT2D eigenvalue weighted by Crippen LogP contribution is -2.06. The first kappa shape index (κ1) is 16.3. The molecule has 0 atom stereocenters. The first-order valence-electron chi connectivity index (χ1n) is 5.90. The molecule has 0 aliphatic heterocycles. The van der Waals surface area contributed by atoms with Gasteiger partial charge < -0.3 is 9.47 Å². The number of ketones is 1. The summed E-state index contributed by atoms with van der Waals surface area (Å²) in [5.74, 6) is 0.778. The van der Waals surface area contributed by atoms with Crippen molar-refractivity contribution in [3.05, 3.63) is 55.4 Å². The number of methoxy groups -OCH3 is 2. The van der Waals surface area contributed by atoms with Crippen molar-refractivity contribution < 1.29 is 14.3 Å². The monoisotopic (exact) mass is 432 g/mol. The third kappa shape index (κ3) is 3.10. The molecule has 0 saturated heterocycles. The minimum Gasteiger partial charge on any atom is -0.495 e. The predicted molar refractivity (Wildman–Crippen MR) is 89.8 cm³/mol. The summed E-state index contributed by atoms with van der Waals surface area (Å²) < 4.78 is 11.8. The van der Waals surface area contributed by atoms with Gasteiger partial charge in [-0.1, -0.05) is 17.7 Å². The lowest BCUT2D eigenvalue weighted by Gasteiger charge is -2.13. The van der Waals surface area contributed by atoms with Crippen molar-refractivity contribution in [2.45, 2.75) is 0 Å². The Kier molecular flexibility index (Phi) is 5.30. The van der Waals surface area contributed by atoms with E-state index in [2.05, 4.69) is 31.9 Å². The molecular weight excluding hydrogens is 423 g/mol. The molecule has 0 aromatic heterocycles. The van der Waals surface area contributed by atoms with Gasteiger partial charge >= 0.3 is 0 Å².